The molecule has 4 aromatic rings. The minimum Gasteiger partial charge on any atom is -0.494 e. The monoisotopic (exact) mass is 455 g/mol. The molecule has 0 N–H and O–H groups in total. The number of carbonyl (C=O) groups is 1. The van der Waals surface area contributed by atoms with Gasteiger partial charge in [-0.1, -0.05) is 36.4 Å². The average Bonchev–Trinajstić information content (AvgIpc) is 3.22. The van der Waals surface area contributed by atoms with E-state index in [4.69, 9.17) is 9.72 Å². The summed E-state index contributed by atoms with van der Waals surface area (Å²) in [6.45, 7) is 4.90. The van der Waals surface area contributed by atoms with Crippen LogP contribution in [0.4, 0.5) is 0 Å². The molecular formula is C29H33N3O2. The first-order chi connectivity index (χ1) is 16.4. The third-order valence-corrected chi connectivity index (χ3v) is 6.21. The molecule has 0 unspecified atom stereocenters. The number of rotatable bonds is 9. The Bertz CT molecular complexity index is 1280. The summed E-state index contributed by atoms with van der Waals surface area (Å²) in [5, 5.41) is 0. The molecule has 0 aliphatic carbocycles. The number of imidazole rings is 1. The van der Waals surface area contributed by atoms with Crippen molar-refractivity contribution in [1.29, 1.82) is 0 Å². The van der Waals surface area contributed by atoms with Gasteiger partial charge in [-0.05, 0) is 68.5 Å². The van der Waals surface area contributed by atoms with E-state index in [1.54, 1.807) is 19.0 Å². The van der Waals surface area contributed by atoms with Crippen molar-refractivity contribution >= 4 is 16.9 Å². The van der Waals surface area contributed by atoms with Crippen LogP contribution in [0.1, 0.15) is 36.8 Å². The summed E-state index contributed by atoms with van der Waals surface area (Å²) < 4.78 is 8.30. The number of hydrogen-bond acceptors (Lipinski definition) is 3. The highest BCUT2D eigenvalue weighted by atomic mass is 16.5. The highest BCUT2D eigenvalue weighted by Gasteiger charge is 2.15. The number of aryl methyl sites for hydroxylation is 2. The minimum atomic E-state index is 0.181. The van der Waals surface area contributed by atoms with Crippen molar-refractivity contribution in [2.24, 2.45) is 0 Å². The van der Waals surface area contributed by atoms with E-state index < -0.39 is 0 Å². The van der Waals surface area contributed by atoms with Gasteiger partial charge in [0.15, 0.2) is 0 Å². The Kier molecular flexibility index (Phi) is 7.31. The Morgan fingerprint density at radius 1 is 0.912 bits per heavy atom. The zero-order valence-electron chi connectivity index (χ0n) is 20.5. The first-order valence-electron chi connectivity index (χ1n) is 11.9. The van der Waals surface area contributed by atoms with Gasteiger partial charge in [0.05, 0.1) is 17.6 Å². The van der Waals surface area contributed by atoms with Gasteiger partial charge in [-0.25, -0.2) is 4.98 Å². The average molecular weight is 456 g/mol. The van der Waals surface area contributed by atoms with Gasteiger partial charge in [0.1, 0.15) is 11.6 Å². The first-order valence-corrected chi connectivity index (χ1v) is 11.9. The molecule has 5 heteroatoms. The number of unbranched alkanes of at least 4 members (excludes halogenated alkanes) is 2. The fourth-order valence-electron chi connectivity index (χ4n) is 4.02. The topological polar surface area (TPSA) is 47.4 Å². The van der Waals surface area contributed by atoms with Crippen LogP contribution in [0.25, 0.3) is 28.1 Å². The molecule has 1 heterocycles. The van der Waals surface area contributed by atoms with Crippen molar-refractivity contribution in [1.82, 2.24) is 14.5 Å². The summed E-state index contributed by atoms with van der Waals surface area (Å²) in [6, 6.07) is 22.9. The van der Waals surface area contributed by atoms with Crippen molar-refractivity contribution in [3.8, 4) is 22.8 Å². The van der Waals surface area contributed by atoms with Gasteiger partial charge in [-0.2, -0.15) is 0 Å². The van der Waals surface area contributed by atoms with Crippen molar-refractivity contribution in [2.75, 3.05) is 20.7 Å². The van der Waals surface area contributed by atoms with E-state index in [0.717, 1.165) is 53.1 Å². The number of benzene rings is 3. The molecule has 0 bridgehead atoms. The number of aromatic nitrogens is 2. The molecule has 0 saturated carbocycles. The molecule has 3 aromatic carbocycles. The molecular weight excluding hydrogens is 422 g/mol. The fourth-order valence-corrected chi connectivity index (χ4v) is 4.02. The lowest BCUT2D eigenvalue weighted by Gasteiger charge is -2.12. The minimum absolute atomic E-state index is 0.181. The van der Waals surface area contributed by atoms with Crippen molar-refractivity contribution in [3.63, 3.8) is 0 Å². The Morgan fingerprint density at radius 3 is 2.44 bits per heavy atom. The third kappa shape index (κ3) is 5.30. The molecule has 1 amide bonds. The highest BCUT2D eigenvalue weighted by Crippen LogP contribution is 2.31. The lowest BCUT2D eigenvalue weighted by atomic mass is 10.1. The van der Waals surface area contributed by atoms with Crippen LogP contribution in [-0.4, -0.2) is 41.1 Å². The lowest BCUT2D eigenvalue weighted by Crippen LogP contribution is -2.21. The third-order valence-electron chi connectivity index (χ3n) is 6.21. The normalized spacial score (nSPS) is 11.1. The Labute approximate surface area is 202 Å². The quantitative estimate of drug-likeness (QED) is 0.277. The van der Waals surface area contributed by atoms with E-state index in [1.807, 2.05) is 30.3 Å². The van der Waals surface area contributed by atoms with Gasteiger partial charge in [-0.15, -0.1) is 0 Å². The van der Waals surface area contributed by atoms with Gasteiger partial charge in [0.25, 0.3) is 0 Å². The van der Waals surface area contributed by atoms with Crippen LogP contribution in [0, 0.1) is 13.8 Å². The molecule has 0 atom stereocenters. The standard InChI is InChI=1S/C29H33N3O2/c1-21-14-15-24(19-22(21)2)32-27-20-25(34-18-10-6-9-13-28(33)31(3)4)16-17-26(27)30-29(32)23-11-7-5-8-12-23/h5,7-8,11-12,14-17,19-20H,6,9-10,13,18H2,1-4H3. The summed E-state index contributed by atoms with van der Waals surface area (Å²) in [7, 11) is 3.60. The maximum Gasteiger partial charge on any atom is 0.222 e. The van der Waals surface area contributed by atoms with E-state index in [2.05, 4.69) is 54.8 Å². The van der Waals surface area contributed by atoms with Crippen LogP contribution in [-0.2, 0) is 4.79 Å². The maximum absolute atomic E-state index is 11.7. The second-order valence-corrected chi connectivity index (χ2v) is 9.00. The fraction of sp³-hybridized carbons (Fsp3) is 0.310. The SMILES string of the molecule is Cc1ccc(-n2c(-c3ccccc3)nc3ccc(OCCCCCC(=O)N(C)C)cc32)cc1C. The second-order valence-electron chi connectivity index (χ2n) is 9.00. The molecule has 0 fully saturated rings. The highest BCUT2D eigenvalue weighted by molar-refractivity contribution is 5.84. The van der Waals surface area contributed by atoms with Crippen molar-refractivity contribution in [3.05, 3.63) is 77.9 Å². The summed E-state index contributed by atoms with van der Waals surface area (Å²) in [4.78, 5) is 18.3. The second kappa shape index (κ2) is 10.6. The molecule has 5 nitrogen and oxygen atoms in total. The van der Waals surface area contributed by atoms with E-state index in [1.165, 1.54) is 11.1 Å². The van der Waals surface area contributed by atoms with E-state index >= 15 is 0 Å². The number of carbonyl (C=O) groups excluding carboxylic acids is 1. The van der Waals surface area contributed by atoms with Gasteiger partial charge in [0.2, 0.25) is 5.91 Å². The smallest absolute Gasteiger partial charge is 0.222 e. The van der Waals surface area contributed by atoms with E-state index in [-0.39, 0.29) is 5.91 Å². The zero-order valence-corrected chi connectivity index (χ0v) is 20.5. The van der Waals surface area contributed by atoms with Gasteiger partial charge in [0, 0.05) is 37.8 Å². The predicted octanol–water partition coefficient (Wildman–Crippen LogP) is 6.34. The lowest BCUT2D eigenvalue weighted by molar-refractivity contribution is -0.128. The number of fused-ring (bicyclic) bond motifs is 1. The Morgan fingerprint density at radius 2 is 1.71 bits per heavy atom. The van der Waals surface area contributed by atoms with Crippen LogP contribution in [0.15, 0.2) is 66.7 Å². The Hall–Kier alpha value is -3.60. The molecule has 0 spiro atoms. The molecule has 0 radical (unpaired) electrons. The summed E-state index contributed by atoms with van der Waals surface area (Å²) >= 11 is 0. The number of nitrogens with zero attached hydrogens (tertiary/aromatic N) is 3. The maximum atomic E-state index is 11.7. The molecule has 4 rings (SSSR count). The molecule has 0 saturated heterocycles. The molecule has 0 aliphatic heterocycles. The number of hydrogen-bond donors (Lipinski definition) is 0. The number of amides is 1. The molecule has 34 heavy (non-hydrogen) atoms. The summed E-state index contributed by atoms with van der Waals surface area (Å²) in [5.74, 6) is 1.93. The molecule has 1 aromatic heterocycles. The zero-order chi connectivity index (χ0) is 24.1. The largest absolute Gasteiger partial charge is 0.494 e. The molecule has 176 valence electrons. The van der Waals surface area contributed by atoms with Gasteiger partial charge in [-0.3, -0.25) is 9.36 Å². The Balaban J connectivity index is 1.58. The molecule has 0 aliphatic rings. The van der Waals surface area contributed by atoms with Gasteiger partial charge < -0.3 is 9.64 Å². The van der Waals surface area contributed by atoms with Crippen molar-refractivity contribution < 1.29 is 9.53 Å². The van der Waals surface area contributed by atoms with E-state index in [0.29, 0.717) is 13.0 Å². The van der Waals surface area contributed by atoms with Gasteiger partial charge >= 0.3 is 0 Å². The van der Waals surface area contributed by atoms with Crippen LogP contribution in [0.2, 0.25) is 0 Å². The summed E-state index contributed by atoms with van der Waals surface area (Å²) in [6.07, 6.45) is 3.38. The first kappa shape index (κ1) is 23.6. The van der Waals surface area contributed by atoms with Crippen LogP contribution < -0.4 is 4.74 Å². The van der Waals surface area contributed by atoms with Crippen molar-refractivity contribution in [2.45, 2.75) is 39.5 Å². The van der Waals surface area contributed by atoms with E-state index in [9.17, 15) is 4.79 Å². The van der Waals surface area contributed by atoms with Crippen LogP contribution >= 0.6 is 0 Å². The van der Waals surface area contributed by atoms with Crippen LogP contribution in [0.5, 0.6) is 5.75 Å². The predicted molar refractivity (Wildman–Crippen MR) is 139 cm³/mol. The van der Waals surface area contributed by atoms with Crippen LogP contribution in [0.3, 0.4) is 0 Å². The number of ether oxygens (including phenoxy) is 1. The summed E-state index contributed by atoms with van der Waals surface area (Å²) in [5.41, 5.74) is 6.64.